The second-order valence-corrected chi connectivity index (χ2v) is 7.55. The number of aromatic carboxylic acids is 1. The number of carbonyl (C=O) groups excluding carboxylic acids is 2. The van der Waals surface area contributed by atoms with Crippen molar-refractivity contribution in [2.75, 3.05) is 18.4 Å². The van der Waals surface area contributed by atoms with E-state index in [1.165, 1.54) is 6.07 Å². The van der Waals surface area contributed by atoms with Crippen molar-refractivity contribution in [2.45, 2.75) is 26.7 Å². The molecule has 0 saturated carbocycles. The first-order chi connectivity index (χ1) is 13.3. The maximum absolute atomic E-state index is 13.0. The highest BCUT2D eigenvalue weighted by atomic mass is 16.4. The van der Waals surface area contributed by atoms with Crippen molar-refractivity contribution >= 4 is 23.5 Å². The summed E-state index contributed by atoms with van der Waals surface area (Å²) in [6.45, 7) is 4.54. The smallest absolute Gasteiger partial charge is 0.335 e. The number of nitrogens with one attached hydrogen (secondary N) is 1. The van der Waals surface area contributed by atoms with Gasteiger partial charge in [-0.15, -0.1) is 0 Å². The van der Waals surface area contributed by atoms with E-state index >= 15 is 0 Å². The summed E-state index contributed by atoms with van der Waals surface area (Å²) in [5, 5.41) is 12.0. The monoisotopic (exact) mass is 380 g/mol. The van der Waals surface area contributed by atoms with Crippen LogP contribution >= 0.6 is 0 Å². The molecule has 6 heteroatoms. The fraction of sp³-hybridized carbons (Fsp3) is 0.318. The lowest BCUT2D eigenvalue weighted by molar-refractivity contribution is -0.127. The number of aryl methyl sites for hydroxylation is 1. The number of benzene rings is 2. The van der Waals surface area contributed by atoms with Crippen LogP contribution in [0, 0.1) is 12.3 Å². The molecule has 1 unspecified atom stereocenters. The van der Waals surface area contributed by atoms with E-state index in [4.69, 9.17) is 5.11 Å². The van der Waals surface area contributed by atoms with E-state index in [0.717, 1.165) is 6.42 Å². The Labute approximate surface area is 164 Å². The number of rotatable bonds is 4. The summed E-state index contributed by atoms with van der Waals surface area (Å²) in [7, 11) is 0. The topological polar surface area (TPSA) is 86.7 Å². The Kier molecular flexibility index (Phi) is 5.49. The largest absolute Gasteiger partial charge is 0.478 e. The zero-order chi connectivity index (χ0) is 20.3. The Morgan fingerprint density at radius 1 is 1.11 bits per heavy atom. The summed E-state index contributed by atoms with van der Waals surface area (Å²) in [6.07, 6.45) is 1.43. The van der Waals surface area contributed by atoms with Gasteiger partial charge in [0, 0.05) is 24.3 Å². The first kappa shape index (κ1) is 19.6. The van der Waals surface area contributed by atoms with Gasteiger partial charge >= 0.3 is 5.97 Å². The van der Waals surface area contributed by atoms with Gasteiger partial charge in [0.15, 0.2) is 0 Å². The van der Waals surface area contributed by atoms with Crippen molar-refractivity contribution < 1.29 is 19.5 Å². The quantitative estimate of drug-likeness (QED) is 0.849. The zero-order valence-corrected chi connectivity index (χ0v) is 16.1. The molecule has 2 aromatic rings. The van der Waals surface area contributed by atoms with Crippen LogP contribution in [0.1, 0.15) is 46.0 Å². The molecule has 0 bridgehead atoms. The number of carboxylic acid groups (broad SMARTS) is 1. The summed E-state index contributed by atoms with van der Waals surface area (Å²) in [6, 6.07) is 13.8. The molecule has 2 N–H and O–H groups in total. The van der Waals surface area contributed by atoms with Crippen LogP contribution in [-0.4, -0.2) is 40.9 Å². The van der Waals surface area contributed by atoms with Crippen molar-refractivity contribution in [2.24, 2.45) is 5.41 Å². The number of anilines is 1. The van der Waals surface area contributed by atoms with Crippen LogP contribution in [0.3, 0.4) is 0 Å². The van der Waals surface area contributed by atoms with Crippen molar-refractivity contribution in [1.29, 1.82) is 0 Å². The molecule has 0 spiro atoms. The van der Waals surface area contributed by atoms with Gasteiger partial charge in [0.1, 0.15) is 0 Å². The third-order valence-corrected chi connectivity index (χ3v) is 5.27. The summed E-state index contributed by atoms with van der Waals surface area (Å²) < 4.78 is 0. The molecule has 1 saturated heterocycles. The summed E-state index contributed by atoms with van der Waals surface area (Å²) in [4.78, 5) is 38.6. The molecule has 0 aliphatic carbocycles. The van der Waals surface area contributed by atoms with Crippen molar-refractivity contribution in [3.63, 3.8) is 0 Å². The number of carbonyl (C=O) groups is 3. The Balaban J connectivity index is 1.73. The van der Waals surface area contributed by atoms with Gasteiger partial charge < -0.3 is 15.3 Å². The molecule has 2 amide bonds. The zero-order valence-electron chi connectivity index (χ0n) is 16.1. The third kappa shape index (κ3) is 4.06. The van der Waals surface area contributed by atoms with Crippen LogP contribution in [0.25, 0.3) is 0 Å². The number of piperidine rings is 1. The standard InChI is InChI=1S/C22H24N2O4/c1-15-13-17(9-10-18(15)20(26)27)23-21(28)22(2)11-6-12-24(14-22)19(25)16-7-4-3-5-8-16/h3-5,7-10,13H,6,11-12,14H2,1-2H3,(H,23,28)(H,26,27). The Morgan fingerprint density at radius 3 is 2.46 bits per heavy atom. The molecule has 28 heavy (non-hydrogen) atoms. The molecule has 1 aliphatic heterocycles. The van der Waals surface area contributed by atoms with Crippen molar-refractivity contribution in [3.05, 3.63) is 65.2 Å². The van der Waals surface area contributed by atoms with Gasteiger partial charge in [-0.25, -0.2) is 4.79 Å². The first-order valence-electron chi connectivity index (χ1n) is 9.30. The average molecular weight is 380 g/mol. The summed E-state index contributed by atoms with van der Waals surface area (Å²) in [5.41, 5.74) is 1.26. The van der Waals surface area contributed by atoms with Crippen LogP contribution in [0.4, 0.5) is 5.69 Å². The number of carboxylic acids is 1. The second kappa shape index (κ2) is 7.84. The molecule has 0 radical (unpaired) electrons. The van der Waals surface area contributed by atoms with E-state index in [1.54, 1.807) is 36.1 Å². The molecule has 2 aromatic carbocycles. The molecule has 3 rings (SSSR count). The lowest BCUT2D eigenvalue weighted by Gasteiger charge is -2.39. The fourth-order valence-electron chi connectivity index (χ4n) is 3.62. The predicted octanol–water partition coefficient (Wildman–Crippen LogP) is 3.57. The lowest BCUT2D eigenvalue weighted by Crippen LogP contribution is -2.50. The summed E-state index contributed by atoms with van der Waals surface area (Å²) >= 11 is 0. The molecular weight excluding hydrogens is 356 g/mol. The van der Waals surface area contributed by atoms with E-state index in [9.17, 15) is 14.4 Å². The highest BCUT2D eigenvalue weighted by molar-refractivity contribution is 5.98. The number of hydrogen-bond acceptors (Lipinski definition) is 3. The normalized spacial score (nSPS) is 19.1. The number of hydrogen-bond donors (Lipinski definition) is 2. The Hall–Kier alpha value is -3.15. The van der Waals surface area contributed by atoms with Crippen molar-refractivity contribution in [3.8, 4) is 0 Å². The number of nitrogens with zero attached hydrogens (tertiary/aromatic N) is 1. The SMILES string of the molecule is Cc1cc(NC(=O)C2(C)CCCN(C(=O)c3ccccc3)C2)ccc1C(=O)O. The molecule has 146 valence electrons. The molecule has 1 heterocycles. The minimum absolute atomic E-state index is 0.0685. The minimum atomic E-state index is -0.996. The second-order valence-electron chi connectivity index (χ2n) is 7.55. The summed E-state index contributed by atoms with van der Waals surface area (Å²) in [5.74, 6) is -1.23. The highest BCUT2D eigenvalue weighted by Gasteiger charge is 2.39. The van der Waals surface area contributed by atoms with Gasteiger partial charge in [-0.05, 0) is 62.6 Å². The van der Waals surface area contributed by atoms with Gasteiger partial charge in [0.25, 0.3) is 5.91 Å². The van der Waals surface area contributed by atoms with Gasteiger partial charge in [-0.2, -0.15) is 0 Å². The van der Waals surface area contributed by atoms with Crippen LogP contribution in [0.2, 0.25) is 0 Å². The highest BCUT2D eigenvalue weighted by Crippen LogP contribution is 2.32. The van der Waals surface area contributed by atoms with E-state index < -0.39 is 11.4 Å². The van der Waals surface area contributed by atoms with Gasteiger partial charge in [-0.3, -0.25) is 9.59 Å². The van der Waals surface area contributed by atoms with Crippen LogP contribution in [0.5, 0.6) is 0 Å². The maximum Gasteiger partial charge on any atom is 0.335 e. The maximum atomic E-state index is 13.0. The minimum Gasteiger partial charge on any atom is -0.478 e. The van der Waals surface area contributed by atoms with E-state index in [0.29, 0.717) is 36.3 Å². The van der Waals surface area contributed by atoms with E-state index in [2.05, 4.69) is 5.32 Å². The average Bonchev–Trinajstić information content (AvgIpc) is 2.68. The molecular formula is C22H24N2O4. The van der Waals surface area contributed by atoms with E-state index in [-0.39, 0.29) is 17.4 Å². The van der Waals surface area contributed by atoms with Crippen molar-refractivity contribution in [1.82, 2.24) is 4.90 Å². The van der Waals surface area contributed by atoms with Gasteiger partial charge in [-0.1, -0.05) is 18.2 Å². The third-order valence-electron chi connectivity index (χ3n) is 5.27. The molecule has 0 aromatic heterocycles. The Morgan fingerprint density at radius 2 is 1.82 bits per heavy atom. The number of amides is 2. The molecule has 1 fully saturated rings. The van der Waals surface area contributed by atoms with Crippen LogP contribution < -0.4 is 5.32 Å². The van der Waals surface area contributed by atoms with E-state index in [1.807, 2.05) is 25.1 Å². The van der Waals surface area contributed by atoms with Gasteiger partial charge in [0.05, 0.1) is 11.0 Å². The lowest BCUT2D eigenvalue weighted by atomic mass is 9.80. The van der Waals surface area contributed by atoms with Crippen LogP contribution in [-0.2, 0) is 4.79 Å². The number of likely N-dealkylation sites (tertiary alicyclic amines) is 1. The first-order valence-corrected chi connectivity index (χ1v) is 9.30. The van der Waals surface area contributed by atoms with Crippen LogP contribution in [0.15, 0.2) is 48.5 Å². The fourth-order valence-corrected chi connectivity index (χ4v) is 3.62. The Bertz CT molecular complexity index is 910. The molecule has 6 nitrogen and oxygen atoms in total. The molecule has 1 atom stereocenters. The molecule has 1 aliphatic rings. The van der Waals surface area contributed by atoms with Gasteiger partial charge in [0.2, 0.25) is 5.91 Å². The predicted molar refractivity (Wildman–Crippen MR) is 106 cm³/mol.